The Morgan fingerprint density at radius 2 is 1.57 bits per heavy atom. The Labute approximate surface area is 168 Å². The number of anilines is 2. The summed E-state index contributed by atoms with van der Waals surface area (Å²) in [5.74, 6) is 0.140. The van der Waals surface area contributed by atoms with Gasteiger partial charge in [0.05, 0.1) is 11.3 Å². The van der Waals surface area contributed by atoms with Crippen LogP contribution < -0.4 is 10.6 Å². The number of carbonyl (C=O) groups excluding carboxylic acids is 2. The zero-order valence-electron chi connectivity index (χ0n) is 16.2. The van der Waals surface area contributed by atoms with Gasteiger partial charge in [0.25, 0.3) is 0 Å². The summed E-state index contributed by atoms with van der Waals surface area (Å²) in [4.78, 5) is 28.4. The fraction of sp³-hybridized carbons (Fsp3) is 0.227. The molecular weight excluding hydrogens is 370 g/mol. The number of fused-ring (bicyclic) bond motifs is 1. The van der Waals surface area contributed by atoms with Gasteiger partial charge in [0.1, 0.15) is 5.03 Å². The molecule has 0 bridgehead atoms. The van der Waals surface area contributed by atoms with Crippen LogP contribution in [0.5, 0.6) is 0 Å². The van der Waals surface area contributed by atoms with Crippen LogP contribution in [0.1, 0.15) is 24.5 Å². The van der Waals surface area contributed by atoms with Gasteiger partial charge in [-0.05, 0) is 61.9 Å². The molecule has 0 spiro atoms. The third kappa shape index (κ3) is 5.10. The van der Waals surface area contributed by atoms with E-state index in [1.165, 1.54) is 17.3 Å². The highest BCUT2D eigenvalue weighted by atomic mass is 32.2. The van der Waals surface area contributed by atoms with Crippen LogP contribution in [0.15, 0.2) is 53.6 Å². The second-order valence-corrected chi connectivity index (χ2v) is 7.59. The standard InChI is InChI=1S/C22H23N3O2S/c1-4-20(26)23-17-6-8-18(9-7-17)24-21(27)13-28-22-15(3)12-16-11-14(2)5-10-19(16)25-22/h5-12H,4,13H2,1-3H3,(H,23,26)(H,24,27). The van der Waals surface area contributed by atoms with E-state index < -0.39 is 0 Å². The largest absolute Gasteiger partial charge is 0.326 e. The zero-order chi connectivity index (χ0) is 20.1. The lowest BCUT2D eigenvalue weighted by Crippen LogP contribution is -2.14. The molecule has 0 aliphatic rings. The average molecular weight is 394 g/mol. The first-order valence-electron chi connectivity index (χ1n) is 9.15. The van der Waals surface area contributed by atoms with Crippen LogP contribution in [0.25, 0.3) is 10.9 Å². The summed E-state index contributed by atoms with van der Waals surface area (Å²) in [6.45, 7) is 5.87. The lowest BCUT2D eigenvalue weighted by Gasteiger charge is -2.09. The normalized spacial score (nSPS) is 10.7. The molecule has 6 heteroatoms. The Balaban J connectivity index is 1.59. The Kier molecular flexibility index (Phi) is 6.31. The maximum absolute atomic E-state index is 12.3. The van der Waals surface area contributed by atoms with Crippen molar-refractivity contribution in [2.45, 2.75) is 32.2 Å². The number of nitrogens with zero attached hydrogens (tertiary/aromatic N) is 1. The summed E-state index contributed by atoms with van der Waals surface area (Å²) in [5.41, 5.74) is 4.61. The number of aromatic nitrogens is 1. The van der Waals surface area contributed by atoms with Crippen LogP contribution >= 0.6 is 11.8 Å². The fourth-order valence-electron chi connectivity index (χ4n) is 2.75. The summed E-state index contributed by atoms with van der Waals surface area (Å²) < 4.78 is 0. The summed E-state index contributed by atoms with van der Waals surface area (Å²) in [7, 11) is 0. The number of hydrogen-bond donors (Lipinski definition) is 2. The molecule has 0 radical (unpaired) electrons. The van der Waals surface area contributed by atoms with Crippen molar-refractivity contribution in [2.75, 3.05) is 16.4 Å². The maximum atomic E-state index is 12.3. The number of aryl methyl sites for hydroxylation is 2. The van der Waals surface area contributed by atoms with Gasteiger partial charge in [0.15, 0.2) is 0 Å². The molecule has 0 atom stereocenters. The van der Waals surface area contributed by atoms with Crippen molar-refractivity contribution in [1.82, 2.24) is 4.98 Å². The summed E-state index contributed by atoms with van der Waals surface area (Å²) >= 11 is 1.43. The Morgan fingerprint density at radius 3 is 2.21 bits per heavy atom. The highest BCUT2D eigenvalue weighted by Crippen LogP contribution is 2.25. The van der Waals surface area contributed by atoms with Crippen molar-refractivity contribution < 1.29 is 9.59 Å². The van der Waals surface area contributed by atoms with E-state index in [1.54, 1.807) is 31.2 Å². The summed E-state index contributed by atoms with van der Waals surface area (Å²) in [6, 6.07) is 15.4. The number of carbonyl (C=O) groups is 2. The molecule has 2 aromatic carbocycles. The van der Waals surface area contributed by atoms with Gasteiger partial charge in [0, 0.05) is 23.2 Å². The molecule has 2 N–H and O–H groups in total. The van der Waals surface area contributed by atoms with Crippen LogP contribution in [-0.4, -0.2) is 22.6 Å². The molecular formula is C22H23N3O2S. The first-order chi connectivity index (χ1) is 13.4. The molecule has 0 saturated heterocycles. The van der Waals surface area contributed by atoms with E-state index in [-0.39, 0.29) is 17.6 Å². The van der Waals surface area contributed by atoms with Crippen LogP contribution in [0.2, 0.25) is 0 Å². The van der Waals surface area contributed by atoms with Gasteiger partial charge in [0.2, 0.25) is 11.8 Å². The molecule has 5 nitrogen and oxygen atoms in total. The Bertz CT molecular complexity index is 1020. The SMILES string of the molecule is CCC(=O)Nc1ccc(NC(=O)CSc2nc3ccc(C)cc3cc2C)cc1. The Morgan fingerprint density at radius 1 is 0.929 bits per heavy atom. The van der Waals surface area contributed by atoms with E-state index in [0.29, 0.717) is 17.8 Å². The van der Waals surface area contributed by atoms with E-state index in [4.69, 9.17) is 0 Å². The average Bonchev–Trinajstić information content (AvgIpc) is 2.67. The van der Waals surface area contributed by atoms with E-state index in [1.807, 2.05) is 19.1 Å². The van der Waals surface area contributed by atoms with Crippen LogP contribution in [-0.2, 0) is 9.59 Å². The molecule has 1 aromatic heterocycles. The lowest BCUT2D eigenvalue weighted by atomic mass is 10.1. The number of amides is 2. The maximum Gasteiger partial charge on any atom is 0.234 e. The third-order valence-electron chi connectivity index (χ3n) is 4.23. The molecule has 28 heavy (non-hydrogen) atoms. The molecule has 3 rings (SSSR count). The summed E-state index contributed by atoms with van der Waals surface area (Å²) in [5, 5.41) is 7.63. The van der Waals surface area contributed by atoms with Crippen molar-refractivity contribution in [3.8, 4) is 0 Å². The number of benzene rings is 2. The van der Waals surface area contributed by atoms with Gasteiger partial charge in [-0.2, -0.15) is 0 Å². The predicted molar refractivity (Wildman–Crippen MR) is 116 cm³/mol. The van der Waals surface area contributed by atoms with Gasteiger partial charge in [-0.15, -0.1) is 0 Å². The van der Waals surface area contributed by atoms with E-state index in [9.17, 15) is 9.59 Å². The highest BCUT2D eigenvalue weighted by Gasteiger charge is 2.09. The Hall–Kier alpha value is -2.86. The molecule has 3 aromatic rings. The quantitative estimate of drug-likeness (QED) is 0.583. The van der Waals surface area contributed by atoms with Gasteiger partial charge in [-0.3, -0.25) is 9.59 Å². The van der Waals surface area contributed by atoms with E-state index >= 15 is 0 Å². The van der Waals surface area contributed by atoms with Crippen molar-refractivity contribution in [2.24, 2.45) is 0 Å². The number of pyridine rings is 1. The van der Waals surface area contributed by atoms with Crippen molar-refractivity contribution in [3.05, 3.63) is 59.7 Å². The van der Waals surface area contributed by atoms with Crippen LogP contribution in [0.4, 0.5) is 11.4 Å². The number of thioether (sulfide) groups is 1. The smallest absolute Gasteiger partial charge is 0.234 e. The molecule has 2 amide bonds. The van der Waals surface area contributed by atoms with Gasteiger partial charge in [-0.25, -0.2) is 4.98 Å². The first-order valence-corrected chi connectivity index (χ1v) is 10.1. The first kappa shape index (κ1) is 19.9. The number of rotatable bonds is 6. The number of nitrogens with one attached hydrogen (secondary N) is 2. The molecule has 1 heterocycles. The lowest BCUT2D eigenvalue weighted by molar-refractivity contribution is -0.116. The molecule has 144 valence electrons. The molecule has 0 aliphatic carbocycles. The second-order valence-electron chi connectivity index (χ2n) is 6.62. The van der Waals surface area contributed by atoms with Crippen molar-refractivity contribution in [3.63, 3.8) is 0 Å². The molecule has 0 unspecified atom stereocenters. The summed E-state index contributed by atoms with van der Waals surface area (Å²) in [6.07, 6.45) is 0.428. The topological polar surface area (TPSA) is 71.1 Å². The number of hydrogen-bond acceptors (Lipinski definition) is 4. The molecule has 0 fully saturated rings. The fourth-order valence-corrected chi connectivity index (χ4v) is 3.54. The highest BCUT2D eigenvalue weighted by molar-refractivity contribution is 8.00. The van der Waals surface area contributed by atoms with Crippen LogP contribution in [0.3, 0.4) is 0 Å². The van der Waals surface area contributed by atoms with Crippen molar-refractivity contribution in [1.29, 1.82) is 0 Å². The minimum atomic E-state index is -0.0967. The van der Waals surface area contributed by atoms with Gasteiger partial charge < -0.3 is 10.6 Å². The van der Waals surface area contributed by atoms with Gasteiger partial charge in [-0.1, -0.05) is 30.3 Å². The third-order valence-corrected chi connectivity index (χ3v) is 5.32. The minimum absolute atomic E-state index is 0.0402. The van der Waals surface area contributed by atoms with E-state index in [0.717, 1.165) is 21.5 Å². The van der Waals surface area contributed by atoms with Crippen LogP contribution in [0, 0.1) is 13.8 Å². The predicted octanol–water partition coefficient (Wildman–Crippen LogP) is 4.93. The minimum Gasteiger partial charge on any atom is -0.326 e. The van der Waals surface area contributed by atoms with E-state index in [2.05, 4.69) is 34.7 Å². The van der Waals surface area contributed by atoms with Gasteiger partial charge >= 0.3 is 0 Å². The molecule has 0 saturated carbocycles. The monoisotopic (exact) mass is 393 g/mol. The second kappa shape index (κ2) is 8.89. The molecule has 0 aliphatic heterocycles. The van der Waals surface area contributed by atoms with Crippen molar-refractivity contribution >= 4 is 45.9 Å². The zero-order valence-corrected chi connectivity index (χ0v) is 17.0.